The van der Waals surface area contributed by atoms with E-state index in [1.165, 1.54) is 32.1 Å². The Morgan fingerprint density at radius 2 is 2.22 bits per heavy atom. The molecule has 0 aromatic heterocycles. The van der Waals surface area contributed by atoms with Crippen molar-refractivity contribution in [3.05, 3.63) is 0 Å². The van der Waals surface area contributed by atoms with Gasteiger partial charge in [0.25, 0.3) is 0 Å². The highest BCUT2D eigenvalue weighted by molar-refractivity contribution is 7.99. The first-order valence-electron chi connectivity index (χ1n) is 7.33. The van der Waals surface area contributed by atoms with E-state index >= 15 is 0 Å². The van der Waals surface area contributed by atoms with Crippen LogP contribution in [0.4, 0.5) is 0 Å². The van der Waals surface area contributed by atoms with Gasteiger partial charge in [-0.25, -0.2) is 0 Å². The van der Waals surface area contributed by atoms with Crippen molar-refractivity contribution in [2.75, 3.05) is 12.8 Å². The summed E-state index contributed by atoms with van der Waals surface area (Å²) in [4.78, 5) is 11.9. The quantitative estimate of drug-likeness (QED) is 0.805. The fourth-order valence-electron chi connectivity index (χ4n) is 3.06. The monoisotopic (exact) mass is 270 g/mol. The van der Waals surface area contributed by atoms with E-state index in [1.54, 1.807) is 0 Å². The van der Waals surface area contributed by atoms with Crippen LogP contribution in [0.25, 0.3) is 0 Å². The molecule has 1 saturated heterocycles. The molecule has 4 heteroatoms. The lowest BCUT2D eigenvalue weighted by atomic mass is 10.0. The van der Waals surface area contributed by atoms with Crippen LogP contribution >= 0.6 is 11.8 Å². The van der Waals surface area contributed by atoms with E-state index in [0.29, 0.717) is 18.5 Å². The van der Waals surface area contributed by atoms with Crippen molar-refractivity contribution in [3.8, 4) is 0 Å². The van der Waals surface area contributed by atoms with Crippen molar-refractivity contribution in [3.63, 3.8) is 0 Å². The van der Waals surface area contributed by atoms with Gasteiger partial charge in [-0.3, -0.25) is 4.79 Å². The zero-order valence-corrected chi connectivity index (χ0v) is 12.2. The lowest BCUT2D eigenvalue weighted by molar-refractivity contribution is -0.122. The molecule has 3 nitrogen and oxygen atoms in total. The molecule has 1 saturated carbocycles. The Bertz CT molecular complexity index is 267. The lowest BCUT2D eigenvalue weighted by Gasteiger charge is -2.23. The van der Waals surface area contributed by atoms with Crippen LogP contribution in [-0.2, 0) is 4.79 Å². The second kappa shape index (κ2) is 7.39. The van der Waals surface area contributed by atoms with Gasteiger partial charge in [0.2, 0.25) is 5.91 Å². The van der Waals surface area contributed by atoms with Crippen LogP contribution in [0.1, 0.15) is 51.4 Å². The van der Waals surface area contributed by atoms with E-state index in [4.69, 9.17) is 0 Å². The van der Waals surface area contributed by atoms with Crippen LogP contribution in [0, 0.1) is 0 Å². The second-order valence-electron chi connectivity index (χ2n) is 5.62. The molecule has 1 amide bonds. The summed E-state index contributed by atoms with van der Waals surface area (Å²) in [5, 5.41) is 7.46. The molecule has 3 unspecified atom stereocenters. The van der Waals surface area contributed by atoms with Crippen LogP contribution in [0.15, 0.2) is 0 Å². The number of carbonyl (C=O) groups is 1. The van der Waals surface area contributed by atoms with Gasteiger partial charge in [0.1, 0.15) is 0 Å². The number of piperidine rings is 1. The Kier molecular flexibility index (Phi) is 5.83. The molecule has 2 rings (SSSR count). The van der Waals surface area contributed by atoms with E-state index in [9.17, 15) is 4.79 Å². The summed E-state index contributed by atoms with van der Waals surface area (Å²) in [6.45, 7) is 1.13. The van der Waals surface area contributed by atoms with Crippen molar-refractivity contribution in [2.45, 2.75) is 68.7 Å². The predicted octanol–water partition coefficient (Wildman–Crippen LogP) is 2.31. The Morgan fingerprint density at radius 1 is 1.33 bits per heavy atom. The molecule has 2 N–H and O–H groups in total. The average molecular weight is 270 g/mol. The maximum absolute atomic E-state index is 11.9. The lowest BCUT2D eigenvalue weighted by Crippen LogP contribution is -2.37. The smallest absolute Gasteiger partial charge is 0.220 e. The average Bonchev–Trinajstić information content (AvgIpc) is 2.85. The molecule has 2 aliphatic rings. The predicted molar refractivity (Wildman–Crippen MR) is 78.0 cm³/mol. The van der Waals surface area contributed by atoms with Gasteiger partial charge in [0.15, 0.2) is 0 Å². The highest BCUT2D eigenvalue weighted by Gasteiger charge is 2.25. The van der Waals surface area contributed by atoms with Crippen molar-refractivity contribution in [2.24, 2.45) is 0 Å². The fourth-order valence-corrected chi connectivity index (χ4v) is 3.86. The topological polar surface area (TPSA) is 41.1 Å². The van der Waals surface area contributed by atoms with Gasteiger partial charge in [-0.1, -0.05) is 6.42 Å². The zero-order chi connectivity index (χ0) is 12.8. The number of hydrogen-bond acceptors (Lipinski definition) is 3. The van der Waals surface area contributed by atoms with Crippen LogP contribution in [0.5, 0.6) is 0 Å². The summed E-state index contributed by atoms with van der Waals surface area (Å²) in [5.41, 5.74) is 0. The van der Waals surface area contributed by atoms with Crippen molar-refractivity contribution in [1.29, 1.82) is 0 Å². The van der Waals surface area contributed by atoms with Gasteiger partial charge in [-0.2, -0.15) is 11.8 Å². The highest BCUT2D eigenvalue weighted by atomic mass is 32.2. The number of nitrogens with one attached hydrogen (secondary N) is 2. The molecule has 0 bridgehead atoms. The largest absolute Gasteiger partial charge is 0.353 e. The van der Waals surface area contributed by atoms with Crippen LogP contribution in [-0.4, -0.2) is 36.0 Å². The van der Waals surface area contributed by atoms with Crippen molar-refractivity contribution in [1.82, 2.24) is 10.6 Å². The van der Waals surface area contributed by atoms with Gasteiger partial charge < -0.3 is 10.6 Å². The normalized spacial score (nSPS) is 32.4. The fraction of sp³-hybridized carbons (Fsp3) is 0.929. The molecule has 18 heavy (non-hydrogen) atoms. The Balaban J connectivity index is 1.60. The molecule has 2 fully saturated rings. The summed E-state index contributed by atoms with van der Waals surface area (Å²) in [6.07, 6.45) is 11.3. The molecule has 1 aliphatic heterocycles. The van der Waals surface area contributed by atoms with Gasteiger partial charge in [-0.15, -0.1) is 0 Å². The van der Waals surface area contributed by atoms with E-state index in [-0.39, 0.29) is 5.91 Å². The SMILES string of the molecule is CSC1CCC(NC(=O)CCC2CCCCN2)C1. The van der Waals surface area contributed by atoms with Gasteiger partial charge in [0, 0.05) is 23.8 Å². The second-order valence-corrected chi connectivity index (χ2v) is 6.76. The Labute approximate surface area is 115 Å². The standard InChI is InChI=1S/C14H26N2OS/c1-18-13-7-5-12(10-13)16-14(17)8-6-11-4-2-3-9-15-11/h11-13,15H,2-10H2,1H3,(H,16,17). The zero-order valence-electron chi connectivity index (χ0n) is 11.4. The third-order valence-corrected chi connectivity index (χ3v) is 5.31. The van der Waals surface area contributed by atoms with Crippen LogP contribution in [0.2, 0.25) is 0 Å². The molecule has 0 spiro atoms. The third-order valence-electron chi connectivity index (χ3n) is 4.22. The minimum Gasteiger partial charge on any atom is -0.353 e. The van der Waals surface area contributed by atoms with Gasteiger partial charge in [-0.05, 0) is 51.3 Å². The van der Waals surface area contributed by atoms with Gasteiger partial charge in [0.05, 0.1) is 0 Å². The molecule has 0 radical (unpaired) electrons. The van der Waals surface area contributed by atoms with E-state index in [2.05, 4.69) is 16.9 Å². The van der Waals surface area contributed by atoms with Crippen molar-refractivity contribution >= 4 is 17.7 Å². The molecule has 0 aromatic carbocycles. The molecule has 3 atom stereocenters. The minimum atomic E-state index is 0.258. The summed E-state index contributed by atoms with van der Waals surface area (Å²) in [6, 6.07) is 1.02. The highest BCUT2D eigenvalue weighted by Crippen LogP contribution is 2.28. The van der Waals surface area contributed by atoms with Crippen LogP contribution in [0.3, 0.4) is 0 Å². The van der Waals surface area contributed by atoms with E-state index in [1.807, 2.05) is 11.8 Å². The molecule has 1 aliphatic carbocycles. The van der Waals surface area contributed by atoms with Crippen molar-refractivity contribution < 1.29 is 4.79 Å². The number of hydrogen-bond donors (Lipinski definition) is 2. The Hall–Kier alpha value is -0.220. The third kappa shape index (κ3) is 4.47. The summed E-state index contributed by atoms with van der Waals surface area (Å²) in [7, 11) is 0. The molecule has 1 heterocycles. The van der Waals surface area contributed by atoms with E-state index in [0.717, 1.165) is 24.6 Å². The van der Waals surface area contributed by atoms with E-state index < -0.39 is 0 Å². The number of carbonyl (C=O) groups excluding carboxylic acids is 1. The number of rotatable bonds is 5. The first-order chi connectivity index (χ1) is 8.78. The maximum atomic E-state index is 11.9. The summed E-state index contributed by atoms with van der Waals surface area (Å²) >= 11 is 1.94. The minimum absolute atomic E-state index is 0.258. The summed E-state index contributed by atoms with van der Waals surface area (Å²) < 4.78 is 0. The first kappa shape index (κ1) is 14.2. The maximum Gasteiger partial charge on any atom is 0.220 e. The van der Waals surface area contributed by atoms with Gasteiger partial charge >= 0.3 is 0 Å². The first-order valence-corrected chi connectivity index (χ1v) is 8.62. The molecule has 0 aromatic rings. The number of amides is 1. The number of thioether (sulfide) groups is 1. The Morgan fingerprint density at radius 3 is 2.89 bits per heavy atom. The van der Waals surface area contributed by atoms with Crippen LogP contribution < -0.4 is 10.6 Å². The molecule has 104 valence electrons. The molecular weight excluding hydrogens is 244 g/mol. The molecular formula is C14H26N2OS. The summed E-state index contributed by atoms with van der Waals surface area (Å²) in [5.74, 6) is 0.258.